The summed E-state index contributed by atoms with van der Waals surface area (Å²) in [5.41, 5.74) is 0.740. The number of carboxylic acids is 2. The lowest BCUT2D eigenvalue weighted by atomic mass is 9.83. The summed E-state index contributed by atoms with van der Waals surface area (Å²) in [6.07, 6.45) is 2.03. The van der Waals surface area contributed by atoms with Crippen LogP contribution in [0, 0.1) is 0 Å². The van der Waals surface area contributed by atoms with Crippen molar-refractivity contribution in [1.29, 1.82) is 0 Å². The summed E-state index contributed by atoms with van der Waals surface area (Å²) >= 11 is 0. The van der Waals surface area contributed by atoms with Crippen LogP contribution in [0.3, 0.4) is 0 Å². The number of fused-ring (bicyclic) bond motifs is 1. The number of phenolic OH excluding ortho intramolecular Hbond substituents is 1. The van der Waals surface area contributed by atoms with Crippen LogP contribution < -0.4 is 35.7 Å². The first-order chi connectivity index (χ1) is 20.5. The number of nitrogens with one attached hydrogen (secondary N) is 2. The minimum Gasteiger partial charge on any atom is -0.504 e. The summed E-state index contributed by atoms with van der Waals surface area (Å²) in [5, 5.41) is 38.5. The summed E-state index contributed by atoms with van der Waals surface area (Å²) in [6, 6.07) is 2.73. The highest BCUT2D eigenvalue weighted by molar-refractivity contribution is 6.40. The molecule has 0 atom stereocenters. The number of carbonyl (C=O) groups is 2. The van der Waals surface area contributed by atoms with Gasteiger partial charge in [0.2, 0.25) is 5.43 Å². The Hall–Kier alpha value is -5.52. The summed E-state index contributed by atoms with van der Waals surface area (Å²) in [7, 11) is 4.20. The van der Waals surface area contributed by atoms with Crippen LogP contribution in [0.4, 0.5) is 11.4 Å². The average Bonchev–Trinajstić information content (AvgIpc) is 3.11. The second-order valence-electron chi connectivity index (χ2n) is 10.3. The van der Waals surface area contributed by atoms with Gasteiger partial charge in [-0.15, -0.1) is 0 Å². The van der Waals surface area contributed by atoms with Crippen LogP contribution in [-0.2, 0) is 16.0 Å². The molecule has 220 valence electrons. The monoisotopic (exact) mass is 586 g/mol. The van der Waals surface area contributed by atoms with Gasteiger partial charge in [0.15, 0.2) is 16.9 Å². The number of carboxylic acid groups (broad SMARTS) is 2. The van der Waals surface area contributed by atoms with Gasteiger partial charge in [0, 0.05) is 50.2 Å². The zero-order valence-electron chi connectivity index (χ0n) is 23.6. The molecular weight excluding hydrogens is 560 g/mol. The number of benzene rings is 5. The molecule has 12 nitrogen and oxygen atoms in total. The maximum Gasteiger partial charge on any atom is 0.322 e. The molecule has 0 amide bonds. The fourth-order valence-corrected chi connectivity index (χ4v) is 6.40. The van der Waals surface area contributed by atoms with Crippen molar-refractivity contribution in [2.75, 3.05) is 45.1 Å². The van der Waals surface area contributed by atoms with Gasteiger partial charge < -0.3 is 40.2 Å². The molecule has 0 heterocycles. The van der Waals surface area contributed by atoms with Gasteiger partial charge in [-0.1, -0.05) is 11.6 Å². The van der Waals surface area contributed by atoms with E-state index in [0.29, 0.717) is 43.4 Å². The van der Waals surface area contributed by atoms with E-state index >= 15 is 0 Å². The number of allylic oxidation sites excluding steroid dienone is 1. The van der Waals surface area contributed by atoms with Gasteiger partial charge in [-0.05, 0) is 18.7 Å². The van der Waals surface area contributed by atoms with E-state index < -0.39 is 35.9 Å². The van der Waals surface area contributed by atoms with Crippen LogP contribution in [0.15, 0.2) is 27.3 Å². The molecule has 43 heavy (non-hydrogen) atoms. The number of phenols is 1. The van der Waals surface area contributed by atoms with Crippen molar-refractivity contribution in [2.24, 2.45) is 0 Å². The van der Waals surface area contributed by atoms with E-state index in [2.05, 4.69) is 10.6 Å². The molecule has 1 aliphatic carbocycles. The smallest absolute Gasteiger partial charge is 0.322 e. The summed E-state index contributed by atoms with van der Waals surface area (Å²) in [6.45, 7) is 0.731. The van der Waals surface area contributed by atoms with Crippen LogP contribution in [0.25, 0.3) is 49.2 Å². The fourth-order valence-electron chi connectivity index (χ4n) is 6.40. The predicted molar refractivity (Wildman–Crippen MR) is 162 cm³/mol. The molecule has 0 saturated carbocycles. The first kappa shape index (κ1) is 27.6. The van der Waals surface area contributed by atoms with E-state index in [-0.39, 0.29) is 51.6 Å². The Labute approximate surface area is 242 Å². The van der Waals surface area contributed by atoms with E-state index in [1.165, 1.54) is 33.5 Å². The molecule has 5 aromatic carbocycles. The number of methoxy groups -OCH3 is 3. The zero-order valence-corrected chi connectivity index (χ0v) is 23.6. The molecule has 0 fully saturated rings. The third kappa shape index (κ3) is 3.83. The summed E-state index contributed by atoms with van der Waals surface area (Å²) in [5.74, 6) is -2.20. The highest BCUT2D eigenvalue weighted by Crippen LogP contribution is 2.55. The van der Waals surface area contributed by atoms with Crippen LogP contribution >= 0.6 is 0 Å². The van der Waals surface area contributed by atoms with Crippen LogP contribution in [0.2, 0.25) is 0 Å². The average molecular weight is 587 g/mol. The van der Waals surface area contributed by atoms with E-state index in [4.69, 9.17) is 14.2 Å². The largest absolute Gasteiger partial charge is 0.504 e. The van der Waals surface area contributed by atoms with Gasteiger partial charge in [-0.25, -0.2) is 0 Å². The molecule has 0 bridgehead atoms. The molecule has 1 aliphatic rings. The third-order valence-electron chi connectivity index (χ3n) is 7.90. The van der Waals surface area contributed by atoms with Crippen LogP contribution in [0.5, 0.6) is 23.0 Å². The van der Waals surface area contributed by atoms with Crippen LogP contribution in [-0.4, -0.2) is 61.7 Å². The van der Waals surface area contributed by atoms with Gasteiger partial charge in [-0.3, -0.25) is 19.2 Å². The third-order valence-corrected chi connectivity index (χ3v) is 7.90. The Morgan fingerprint density at radius 2 is 1.40 bits per heavy atom. The van der Waals surface area contributed by atoms with Crippen molar-refractivity contribution < 1.29 is 39.1 Å². The Morgan fingerprint density at radius 1 is 0.791 bits per heavy atom. The van der Waals surface area contributed by atoms with Crippen molar-refractivity contribution >= 4 is 72.5 Å². The van der Waals surface area contributed by atoms with Crippen molar-refractivity contribution in [3.05, 3.63) is 49.3 Å². The first-order valence-electron chi connectivity index (χ1n) is 13.2. The van der Waals surface area contributed by atoms with Crippen molar-refractivity contribution in [3.63, 3.8) is 0 Å². The molecule has 0 radical (unpaired) electrons. The minimum atomic E-state index is -1.20. The lowest BCUT2D eigenvalue weighted by Gasteiger charge is -2.24. The van der Waals surface area contributed by atoms with Gasteiger partial charge >= 0.3 is 11.9 Å². The van der Waals surface area contributed by atoms with E-state index in [9.17, 15) is 34.5 Å². The fraction of sp³-hybridized carbons (Fsp3) is 0.226. The lowest BCUT2D eigenvalue weighted by molar-refractivity contribution is -0.135. The zero-order chi connectivity index (χ0) is 30.9. The Kier molecular flexibility index (Phi) is 6.29. The molecule has 0 unspecified atom stereocenters. The van der Waals surface area contributed by atoms with E-state index in [0.717, 1.165) is 5.57 Å². The van der Waals surface area contributed by atoms with Crippen molar-refractivity contribution in [1.82, 2.24) is 0 Å². The molecule has 12 heteroatoms. The minimum absolute atomic E-state index is 0.0134. The van der Waals surface area contributed by atoms with Crippen LogP contribution in [0.1, 0.15) is 18.1 Å². The second kappa shape index (κ2) is 9.79. The first-order valence-corrected chi connectivity index (χ1v) is 13.2. The maximum absolute atomic E-state index is 14.4. The predicted octanol–water partition coefficient (Wildman–Crippen LogP) is 3.58. The number of hydrogen-bond donors (Lipinski definition) is 5. The Balaban J connectivity index is 2.05. The van der Waals surface area contributed by atoms with Gasteiger partial charge in [0.25, 0.3) is 0 Å². The van der Waals surface area contributed by atoms with Gasteiger partial charge in [0.1, 0.15) is 24.6 Å². The van der Waals surface area contributed by atoms with Crippen molar-refractivity contribution in [2.45, 2.75) is 13.3 Å². The van der Waals surface area contributed by atoms with Crippen molar-refractivity contribution in [3.8, 4) is 23.0 Å². The van der Waals surface area contributed by atoms with E-state index in [1.807, 2.05) is 6.92 Å². The van der Waals surface area contributed by atoms with Gasteiger partial charge in [0.05, 0.1) is 43.5 Å². The highest BCUT2D eigenvalue weighted by Gasteiger charge is 2.33. The molecule has 0 saturated heterocycles. The summed E-state index contributed by atoms with van der Waals surface area (Å²) < 4.78 is 17.2. The molecule has 5 N–H and O–H groups in total. The van der Waals surface area contributed by atoms with Gasteiger partial charge in [-0.2, -0.15) is 0 Å². The van der Waals surface area contributed by atoms with E-state index in [1.54, 1.807) is 6.08 Å². The molecule has 6 rings (SSSR count). The molecule has 0 aliphatic heterocycles. The number of aliphatic carboxylic acids is 2. The Morgan fingerprint density at radius 3 is 2.00 bits per heavy atom. The summed E-state index contributed by atoms with van der Waals surface area (Å²) in [4.78, 5) is 51.1. The second-order valence-corrected chi connectivity index (χ2v) is 10.3. The Bertz CT molecular complexity index is 2190. The quantitative estimate of drug-likeness (QED) is 0.125. The molecular formula is C31H26N2O10. The lowest BCUT2D eigenvalue weighted by Crippen LogP contribution is -2.21. The number of aromatic hydroxyl groups is 1. The maximum atomic E-state index is 14.4. The molecule has 0 spiro atoms. The molecule has 5 aromatic rings. The SMILES string of the molecule is COc1c(O)c2c(=O)cc(OC)c3c4c(OC)cc(NCC(=O)O)c5c(=O)c(NCC(=O)O)c6c(c(c1CC(C)=C6)c23)c54. The normalized spacial score (nSPS) is 12.6. The number of hydrogen-bond acceptors (Lipinski definition) is 10. The molecule has 0 aromatic heterocycles. The number of anilines is 2. The standard InChI is InChI=1S/C31H26N2O10/c1-11-5-12-20-21-13(6-11)31(43-4)30(40)23-15(34)8-17(42-3)25(27(21)23)24-16(41-2)7-14(32-9-18(35)36)22(26(20)24)29(39)28(12)33-10-19(37)38/h5,7-8,32-33,40H,6,9-10H2,1-4H3,(H,35,36)(H,37,38). The number of rotatable bonds is 9. The topological polar surface area (TPSA) is 181 Å². The highest BCUT2D eigenvalue weighted by atomic mass is 16.5. The number of ether oxygens (including phenoxy) is 3.